The van der Waals surface area contributed by atoms with Crippen molar-refractivity contribution in [2.75, 3.05) is 0 Å². The minimum absolute atomic E-state index is 0.100. The Labute approximate surface area is 216 Å². The van der Waals surface area contributed by atoms with Crippen LogP contribution in [0.3, 0.4) is 0 Å². The summed E-state index contributed by atoms with van der Waals surface area (Å²) in [4.78, 5) is 39.2. The summed E-state index contributed by atoms with van der Waals surface area (Å²) in [6.07, 6.45) is 0.225. The second-order valence-electron chi connectivity index (χ2n) is 8.73. The summed E-state index contributed by atoms with van der Waals surface area (Å²) in [5, 5.41) is 5.79. The summed E-state index contributed by atoms with van der Waals surface area (Å²) in [5.74, 6) is -0.771. The van der Waals surface area contributed by atoms with E-state index in [1.54, 1.807) is 54.6 Å². The van der Waals surface area contributed by atoms with Crippen LogP contribution in [0.15, 0.2) is 109 Å². The zero-order valence-corrected chi connectivity index (χ0v) is 20.4. The van der Waals surface area contributed by atoms with Crippen LogP contribution in [-0.2, 0) is 24.3 Å². The van der Waals surface area contributed by atoms with Crippen molar-refractivity contribution in [2.45, 2.75) is 25.6 Å². The first-order valence-electron chi connectivity index (χ1n) is 12.1. The van der Waals surface area contributed by atoms with Crippen molar-refractivity contribution >= 4 is 17.6 Å². The average molecular weight is 492 g/mol. The highest BCUT2D eigenvalue weighted by Crippen LogP contribution is 2.14. The van der Waals surface area contributed by atoms with Gasteiger partial charge in [0.15, 0.2) is 5.78 Å². The van der Waals surface area contributed by atoms with Crippen LogP contribution < -0.4 is 16.4 Å². The Morgan fingerprint density at radius 2 is 1.27 bits per heavy atom. The molecule has 0 fully saturated rings. The molecule has 0 aliphatic rings. The topological polar surface area (TPSA) is 101 Å². The Morgan fingerprint density at radius 3 is 1.95 bits per heavy atom. The molecule has 0 spiro atoms. The molecule has 1 unspecified atom stereocenters. The molecule has 186 valence electrons. The van der Waals surface area contributed by atoms with E-state index in [9.17, 15) is 14.4 Å². The quantitative estimate of drug-likeness (QED) is 0.292. The lowest BCUT2D eigenvalue weighted by Gasteiger charge is -2.19. The lowest BCUT2D eigenvalue weighted by molar-refractivity contribution is -0.123. The van der Waals surface area contributed by atoms with Gasteiger partial charge in [0.05, 0.1) is 0 Å². The van der Waals surface area contributed by atoms with Crippen LogP contribution in [0.5, 0.6) is 0 Å². The second-order valence-corrected chi connectivity index (χ2v) is 8.73. The molecule has 0 aliphatic carbocycles. The molecule has 2 amide bonds. The summed E-state index contributed by atoms with van der Waals surface area (Å²) < 4.78 is 0. The van der Waals surface area contributed by atoms with E-state index in [1.165, 1.54) is 0 Å². The van der Waals surface area contributed by atoms with Crippen LogP contribution in [0.2, 0.25) is 0 Å². The minimum atomic E-state index is -0.840. The number of rotatable bonds is 10. The summed E-state index contributed by atoms with van der Waals surface area (Å²) in [6, 6.07) is 31.9. The largest absolute Gasteiger partial charge is 0.350 e. The van der Waals surface area contributed by atoms with Crippen molar-refractivity contribution < 1.29 is 14.4 Å². The van der Waals surface area contributed by atoms with E-state index in [1.807, 2.05) is 54.6 Å². The zero-order chi connectivity index (χ0) is 26.0. The standard InChI is InChI=1S/C31H29N3O3/c32-20-22-14-16-26(17-15-22)30(36)34-28(31(37)33-21-23-8-3-1-4-9-23)19-24-10-7-13-27(18-24)29(35)25-11-5-2-6-12-25/h1-18,28H,19-21,32H2,(H,33,37)(H,34,36). The molecule has 4 N–H and O–H groups in total. The van der Waals surface area contributed by atoms with Crippen LogP contribution >= 0.6 is 0 Å². The molecule has 1 atom stereocenters. The van der Waals surface area contributed by atoms with Gasteiger partial charge >= 0.3 is 0 Å². The lowest BCUT2D eigenvalue weighted by Crippen LogP contribution is -2.47. The van der Waals surface area contributed by atoms with Crippen LogP contribution in [0.4, 0.5) is 0 Å². The van der Waals surface area contributed by atoms with Gasteiger partial charge in [0.1, 0.15) is 6.04 Å². The summed E-state index contributed by atoms with van der Waals surface area (Å²) in [6.45, 7) is 0.716. The first kappa shape index (κ1) is 25.5. The van der Waals surface area contributed by atoms with Gasteiger partial charge in [-0.25, -0.2) is 0 Å². The predicted molar refractivity (Wildman–Crippen MR) is 144 cm³/mol. The van der Waals surface area contributed by atoms with E-state index in [0.717, 1.165) is 16.7 Å². The third-order valence-corrected chi connectivity index (χ3v) is 6.05. The van der Waals surface area contributed by atoms with Crippen molar-refractivity contribution in [3.63, 3.8) is 0 Å². The molecule has 0 radical (unpaired) electrons. The van der Waals surface area contributed by atoms with Gasteiger partial charge < -0.3 is 16.4 Å². The van der Waals surface area contributed by atoms with Gasteiger partial charge in [-0.1, -0.05) is 91.0 Å². The molecule has 0 saturated heterocycles. The molecule has 37 heavy (non-hydrogen) atoms. The van der Waals surface area contributed by atoms with Gasteiger partial charge in [-0.15, -0.1) is 0 Å². The summed E-state index contributed by atoms with van der Waals surface area (Å²) in [5.41, 5.74) is 9.83. The number of hydrogen-bond acceptors (Lipinski definition) is 4. The van der Waals surface area contributed by atoms with Gasteiger partial charge in [0.25, 0.3) is 5.91 Å². The summed E-state index contributed by atoms with van der Waals surface area (Å²) >= 11 is 0. The van der Waals surface area contributed by atoms with E-state index in [2.05, 4.69) is 10.6 Å². The monoisotopic (exact) mass is 491 g/mol. The average Bonchev–Trinajstić information content (AvgIpc) is 2.96. The highest BCUT2D eigenvalue weighted by atomic mass is 16.2. The number of nitrogens with one attached hydrogen (secondary N) is 2. The molecule has 6 heteroatoms. The number of benzene rings is 4. The molecule has 4 aromatic rings. The number of ketones is 1. The van der Waals surface area contributed by atoms with Crippen LogP contribution in [-0.4, -0.2) is 23.6 Å². The Morgan fingerprint density at radius 1 is 0.649 bits per heavy atom. The summed E-state index contributed by atoms with van der Waals surface area (Å²) in [7, 11) is 0. The number of carbonyl (C=O) groups is 3. The normalized spacial score (nSPS) is 11.4. The molecule has 0 saturated carbocycles. The maximum Gasteiger partial charge on any atom is 0.251 e. The fourth-order valence-corrected chi connectivity index (χ4v) is 3.98. The first-order valence-corrected chi connectivity index (χ1v) is 12.1. The minimum Gasteiger partial charge on any atom is -0.350 e. The van der Waals surface area contributed by atoms with Gasteiger partial charge in [-0.2, -0.15) is 0 Å². The molecular weight excluding hydrogens is 462 g/mol. The maximum atomic E-state index is 13.2. The van der Waals surface area contributed by atoms with Gasteiger partial charge in [0.2, 0.25) is 5.91 Å². The number of nitrogens with two attached hydrogens (primary N) is 1. The molecular formula is C31H29N3O3. The Bertz CT molecular complexity index is 1350. The number of amides is 2. The van der Waals surface area contributed by atoms with Gasteiger partial charge in [-0.05, 0) is 34.9 Å². The van der Waals surface area contributed by atoms with Gasteiger partial charge in [0, 0.05) is 36.2 Å². The lowest BCUT2D eigenvalue weighted by atomic mass is 9.98. The highest BCUT2D eigenvalue weighted by molar-refractivity contribution is 6.09. The molecule has 0 heterocycles. The van der Waals surface area contributed by atoms with Crippen molar-refractivity contribution in [3.05, 3.63) is 143 Å². The maximum absolute atomic E-state index is 13.2. The molecule has 0 aliphatic heterocycles. The van der Waals surface area contributed by atoms with Crippen molar-refractivity contribution in [3.8, 4) is 0 Å². The Hall–Kier alpha value is -4.55. The predicted octanol–water partition coefficient (Wildman–Crippen LogP) is 4.03. The van der Waals surface area contributed by atoms with Crippen molar-refractivity contribution in [1.29, 1.82) is 0 Å². The van der Waals surface area contributed by atoms with Crippen LogP contribution in [0.25, 0.3) is 0 Å². The SMILES string of the molecule is NCc1ccc(C(=O)NC(Cc2cccc(C(=O)c3ccccc3)c2)C(=O)NCc2ccccc2)cc1. The van der Waals surface area contributed by atoms with E-state index < -0.39 is 6.04 Å². The van der Waals surface area contributed by atoms with E-state index in [0.29, 0.717) is 29.8 Å². The number of hydrogen-bond donors (Lipinski definition) is 3. The number of carbonyl (C=O) groups excluding carboxylic acids is 3. The third-order valence-electron chi connectivity index (χ3n) is 6.05. The van der Waals surface area contributed by atoms with Gasteiger partial charge in [-0.3, -0.25) is 14.4 Å². The molecule has 4 rings (SSSR count). The molecule has 0 aromatic heterocycles. The highest BCUT2D eigenvalue weighted by Gasteiger charge is 2.22. The second kappa shape index (κ2) is 12.4. The first-order chi connectivity index (χ1) is 18.0. The van der Waals surface area contributed by atoms with E-state index >= 15 is 0 Å². The molecule has 0 bridgehead atoms. The van der Waals surface area contributed by atoms with Crippen molar-refractivity contribution in [1.82, 2.24) is 10.6 Å². The fraction of sp³-hybridized carbons (Fsp3) is 0.129. The van der Waals surface area contributed by atoms with Crippen LogP contribution in [0.1, 0.15) is 43.0 Å². The zero-order valence-electron chi connectivity index (χ0n) is 20.4. The smallest absolute Gasteiger partial charge is 0.251 e. The third kappa shape index (κ3) is 6.99. The van der Waals surface area contributed by atoms with E-state index in [4.69, 9.17) is 5.73 Å². The molecule has 4 aromatic carbocycles. The van der Waals surface area contributed by atoms with E-state index in [-0.39, 0.29) is 24.0 Å². The van der Waals surface area contributed by atoms with Crippen molar-refractivity contribution in [2.24, 2.45) is 5.73 Å². The fourth-order valence-electron chi connectivity index (χ4n) is 3.98. The Balaban J connectivity index is 1.53. The van der Waals surface area contributed by atoms with Crippen LogP contribution in [0, 0.1) is 0 Å². The Kier molecular flexibility index (Phi) is 8.57. The molecule has 6 nitrogen and oxygen atoms in total.